The zero-order valence-electron chi connectivity index (χ0n) is 31.3. The molecule has 6 rings (SSSR count). The van der Waals surface area contributed by atoms with Crippen LogP contribution in [0.2, 0.25) is 0 Å². The molecule has 1 aromatic carbocycles. The molecule has 0 bridgehead atoms. The van der Waals surface area contributed by atoms with Gasteiger partial charge < -0.3 is 14.8 Å². The zero-order valence-corrected chi connectivity index (χ0v) is 36.4. The van der Waals surface area contributed by atoms with Gasteiger partial charge in [-0.25, -0.2) is 40.2 Å². The number of pyridine rings is 1. The number of benzene rings is 1. The monoisotopic (exact) mass is 893 g/mol. The highest BCUT2D eigenvalue weighted by molar-refractivity contribution is 7.90. The number of sulfonamides is 3. The first kappa shape index (κ1) is 46.0. The molecule has 3 fully saturated rings. The number of thiol groups is 3. The Morgan fingerprint density at radius 1 is 0.614 bits per heavy atom. The minimum absolute atomic E-state index is 0.0293. The van der Waals surface area contributed by atoms with Crippen molar-refractivity contribution in [3.05, 3.63) is 55.0 Å². The van der Waals surface area contributed by atoms with Crippen LogP contribution in [0.15, 0.2) is 69.9 Å². The largest absolute Gasteiger partial charge is 0.479 e. The molecule has 1 N–H and O–H groups in total. The molecule has 3 saturated heterocycles. The first-order valence-corrected chi connectivity index (χ1v) is 23.1. The molecule has 15 nitrogen and oxygen atoms in total. The predicted molar refractivity (Wildman–Crippen MR) is 227 cm³/mol. The number of aromatic nitrogens is 3. The van der Waals surface area contributed by atoms with Crippen LogP contribution in [0.1, 0.15) is 20.8 Å². The van der Waals surface area contributed by atoms with Crippen LogP contribution in [0.5, 0.6) is 11.6 Å². The average Bonchev–Trinajstić information content (AvgIpc) is 3.15. The molecule has 0 aliphatic carbocycles. The van der Waals surface area contributed by atoms with E-state index in [2.05, 4.69) is 93.7 Å². The summed E-state index contributed by atoms with van der Waals surface area (Å²) in [7, 11) is -10.4. The van der Waals surface area contributed by atoms with Crippen LogP contribution >= 0.6 is 37.9 Å². The van der Waals surface area contributed by atoms with E-state index >= 15 is 0 Å². The van der Waals surface area contributed by atoms with Gasteiger partial charge in [0.15, 0.2) is 16.7 Å². The maximum Gasteiger partial charge on any atom is 0.262 e. The van der Waals surface area contributed by atoms with E-state index in [1.807, 2.05) is 0 Å². The summed E-state index contributed by atoms with van der Waals surface area (Å²) in [6, 6.07) is 9.75. The lowest BCUT2D eigenvalue weighted by Gasteiger charge is -2.35. The summed E-state index contributed by atoms with van der Waals surface area (Å²) in [5.41, 5.74) is 0.859. The second-order valence-corrected chi connectivity index (χ2v) is 20.1. The zero-order chi connectivity index (χ0) is 41.6. The van der Waals surface area contributed by atoms with E-state index in [1.165, 1.54) is 37.6 Å². The highest BCUT2D eigenvalue weighted by Crippen LogP contribution is 2.26. The maximum absolute atomic E-state index is 12.2. The van der Waals surface area contributed by atoms with Gasteiger partial charge in [0.2, 0.25) is 15.9 Å². The highest BCUT2D eigenvalue weighted by atomic mass is 32.2. The van der Waals surface area contributed by atoms with Crippen molar-refractivity contribution in [3.8, 4) is 47.2 Å². The number of nitrogens with zero attached hydrogens (tertiary/aromatic N) is 6. The first-order chi connectivity index (χ1) is 27.1. The van der Waals surface area contributed by atoms with Gasteiger partial charge in [0.25, 0.3) is 20.0 Å². The van der Waals surface area contributed by atoms with Gasteiger partial charge in [0, 0.05) is 60.7 Å². The molecule has 306 valence electrons. The van der Waals surface area contributed by atoms with Gasteiger partial charge in [-0.2, -0.15) is 50.8 Å². The van der Waals surface area contributed by atoms with E-state index in [9.17, 15) is 25.3 Å². The Bertz CT molecular complexity index is 2050. The third-order valence-electron chi connectivity index (χ3n) is 8.01. The molecule has 0 amide bonds. The summed E-state index contributed by atoms with van der Waals surface area (Å²) in [4.78, 5) is 12.0. The standard InChI is InChI=1S/C13H16N2O2S2.C12H14N2O3S2.C11H13N3O3S2/c1-2-3-8-14-11-4-6-13(7-5-11)19(16,17)15-9-12(18)10-15;1-2-3-6-17-10-4-5-12(13-7-10)19(15,16)14-8-11(18)9-14;1-2-3-4-17-10-5-13-11(6-12-10)19(15,16)14-7-9(18)8-14/h4-7,12,14,18H,8-10H2,1H3;4-5,7,11,18H,6,8-9H2,1H3;5-6,9,18H,4,7-8H2,1H3. The van der Waals surface area contributed by atoms with Gasteiger partial charge in [-0.1, -0.05) is 17.8 Å². The summed E-state index contributed by atoms with van der Waals surface area (Å²) < 4.78 is 87.2. The fourth-order valence-electron chi connectivity index (χ4n) is 4.72. The molecule has 3 aromatic rings. The van der Waals surface area contributed by atoms with Crippen molar-refractivity contribution >= 4 is 73.6 Å². The number of anilines is 1. The molecule has 0 atom stereocenters. The lowest BCUT2D eigenvalue weighted by molar-refractivity contribution is 0.319. The fraction of sp³-hybridized carbons (Fsp3) is 0.417. The van der Waals surface area contributed by atoms with Crippen LogP contribution in [0.25, 0.3) is 0 Å². The summed E-state index contributed by atoms with van der Waals surface area (Å²) in [6.45, 7) is 8.84. The van der Waals surface area contributed by atoms with Gasteiger partial charge in [0.05, 0.1) is 30.0 Å². The quantitative estimate of drug-likeness (QED) is 0.154. The Balaban J connectivity index is 0.000000189. The molecule has 0 radical (unpaired) electrons. The summed E-state index contributed by atoms with van der Waals surface area (Å²) >= 11 is 12.6. The van der Waals surface area contributed by atoms with Gasteiger partial charge in [-0.05, 0) is 57.2 Å². The minimum atomic E-state index is -3.55. The first-order valence-electron chi connectivity index (χ1n) is 17.2. The molecular weight excluding hydrogens is 851 g/mol. The molecule has 57 heavy (non-hydrogen) atoms. The average molecular weight is 894 g/mol. The van der Waals surface area contributed by atoms with Crippen molar-refractivity contribution in [1.29, 1.82) is 0 Å². The molecule has 3 aliphatic rings. The topological polar surface area (TPSA) is 181 Å². The van der Waals surface area contributed by atoms with Gasteiger partial charge in [0.1, 0.15) is 12.4 Å². The molecule has 0 spiro atoms. The summed E-state index contributed by atoms with van der Waals surface area (Å²) in [6.07, 6.45) is 3.86. The van der Waals surface area contributed by atoms with Crippen molar-refractivity contribution in [2.24, 2.45) is 0 Å². The van der Waals surface area contributed by atoms with Crippen molar-refractivity contribution in [2.75, 3.05) is 64.3 Å². The third-order valence-corrected chi connectivity index (χ3v) is 14.3. The van der Waals surface area contributed by atoms with E-state index < -0.39 is 30.1 Å². The van der Waals surface area contributed by atoms with E-state index in [0.29, 0.717) is 56.5 Å². The van der Waals surface area contributed by atoms with Gasteiger partial charge in [-0.15, -0.1) is 17.8 Å². The van der Waals surface area contributed by atoms with Crippen molar-refractivity contribution < 1.29 is 34.7 Å². The Morgan fingerprint density at radius 2 is 1.11 bits per heavy atom. The molecule has 2 aromatic heterocycles. The van der Waals surface area contributed by atoms with Crippen LogP contribution in [0, 0.1) is 35.5 Å². The van der Waals surface area contributed by atoms with Crippen LogP contribution in [-0.4, -0.2) is 128 Å². The van der Waals surface area contributed by atoms with Crippen LogP contribution < -0.4 is 14.8 Å². The van der Waals surface area contributed by atoms with Gasteiger partial charge in [-0.3, -0.25) is 0 Å². The van der Waals surface area contributed by atoms with Crippen LogP contribution in [0.3, 0.4) is 0 Å². The SMILES string of the molecule is CC#CCNc1ccc(S(=O)(=O)N2CC(S)C2)cc1.CC#CCOc1ccc(S(=O)(=O)N2CC(S)C2)nc1.CC#CCOc1cnc(S(=O)(=O)N2CC(S)C2)cn1. The second-order valence-electron chi connectivity index (χ2n) is 12.2. The normalized spacial score (nSPS) is 16.3. The molecule has 21 heteroatoms. The fourth-order valence-corrected chi connectivity index (χ4v) is 10.9. The minimum Gasteiger partial charge on any atom is -0.479 e. The Morgan fingerprint density at radius 3 is 1.56 bits per heavy atom. The lowest BCUT2D eigenvalue weighted by Crippen LogP contribution is -2.51. The lowest BCUT2D eigenvalue weighted by atomic mass is 10.3. The number of nitrogens with one attached hydrogen (secondary N) is 1. The van der Waals surface area contributed by atoms with Crippen molar-refractivity contribution in [3.63, 3.8) is 0 Å². The molecule has 0 unspecified atom stereocenters. The summed E-state index contributed by atoms with van der Waals surface area (Å²) in [5.74, 6) is 17.3. The van der Waals surface area contributed by atoms with Crippen LogP contribution in [-0.2, 0) is 30.1 Å². The van der Waals surface area contributed by atoms with Crippen molar-refractivity contribution in [2.45, 2.75) is 51.5 Å². The number of rotatable bonds is 12. The summed E-state index contributed by atoms with van der Waals surface area (Å²) in [5, 5.41) is 3.41. The highest BCUT2D eigenvalue weighted by Gasteiger charge is 2.37. The van der Waals surface area contributed by atoms with E-state index in [-0.39, 0.29) is 44.9 Å². The Kier molecular flexibility index (Phi) is 17.2. The van der Waals surface area contributed by atoms with E-state index in [4.69, 9.17) is 9.47 Å². The Labute approximate surface area is 352 Å². The molecule has 3 aliphatic heterocycles. The second kappa shape index (κ2) is 21.4. The molecular formula is C36H43N7O8S6. The Hall–Kier alpha value is -3.69. The molecule has 0 saturated carbocycles. The molecule has 5 heterocycles. The number of hydrogen-bond acceptors (Lipinski definition) is 15. The number of hydrogen-bond donors (Lipinski definition) is 4. The smallest absolute Gasteiger partial charge is 0.262 e. The van der Waals surface area contributed by atoms with E-state index in [0.717, 1.165) is 5.69 Å². The number of ether oxygens (including phenoxy) is 2. The predicted octanol–water partition coefficient (Wildman–Crippen LogP) is 2.39. The van der Waals surface area contributed by atoms with E-state index in [1.54, 1.807) is 51.1 Å². The third kappa shape index (κ3) is 12.9. The maximum atomic E-state index is 12.2. The van der Waals surface area contributed by atoms with Crippen molar-refractivity contribution in [1.82, 2.24) is 27.9 Å². The van der Waals surface area contributed by atoms with Crippen LogP contribution in [0.4, 0.5) is 5.69 Å². The van der Waals surface area contributed by atoms with Gasteiger partial charge >= 0.3 is 0 Å².